The molecule has 1 N–H and O–H groups in total. The number of Topliss-reactive ketones (excluding diaryl/α,β-unsaturated/α-hetero) is 1. The monoisotopic (exact) mass is 231 g/mol. The number of rotatable bonds is 7. The van der Waals surface area contributed by atoms with E-state index in [1.165, 1.54) is 0 Å². The molecule has 0 atom stereocenters. The fourth-order valence-corrected chi connectivity index (χ4v) is 1.07. The van der Waals surface area contributed by atoms with Gasteiger partial charge in [-0.1, -0.05) is 27.7 Å². The van der Waals surface area contributed by atoms with E-state index >= 15 is 0 Å². The molecule has 3 nitrogen and oxygen atoms in total. The van der Waals surface area contributed by atoms with Crippen molar-refractivity contribution in [3.8, 4) is 0 Å². The molecule has 0 fully saturated rings. The Morgan fingerprint density at radius 1 is 1.12 bits per heavy atom. The quantitative estimate of drug-likeness (QED) is 0.684. The summed E-state index contributed by atoms with van der Waals surface area (Å²) in [6, 6.07) is 0. The summed E-state index contributed by atoms with van der Waals surface area (Å²) in [7, 11) is 0. The van der Waals surface area contributed by atoms with Crippen LogP contribution in [0.1, 0.15) is 61.7 Å². The molecular formula is C13H29NO2. The number of hydrogen-bond acceptors (Lipinski definition) is 2. The first kappa shape index (κ1) is 17.5. The molecule has 1 amide bonds. The lowest BCUT2D eigenvalue weighted by Crippen LogP contribution is -2.26. The molecule has 0 saturated carbocycles. The average molecular weight is 231 g/mol. The van der Waals surface area contributed by atoms with E-state index in [0.717, 1.165) is 19.4 Å². The van der Waals surface area contributed by atoms with Crippen LogP contribution in [0.15, 0.2) is 0 Å². The van der Waals surface area contributed by atoms with Crippen LogP contribution in [0, 0.1) is 5.92 Å². The SMILES string of the molecule is CC.CC(=O)CCCCC(=O)NCC(C)C.[HH]. The fourth-order valence-electron chi connectivity index (χ4n) is 1.07. The van der Waals surface area contributed by atoms with Gasteiger partial charge in [-0.15, -0.1) is 0 Å². The second-order valence-electron chi connectivity index (χ2n) is 4.11. The summed E-state index contributed by atoms with van der Waals surface area (Å²) in [4.78, 5) is 21.8. The molecule has 0 aromatic carbocycles. The van der Waals surface area contributed by atoms with E-state index in [4.69, 9.17) is 0 Å². The van der Waals surface area contributed by atoms with Crippen molar-refractivity contribution in [1.29, 1.82) is 0 Å². The number of carbonyl (C=O) groups excluding carboxylic acids is 2. The van der Waals surface area contributed by atoms with Crippen LogP contribution in [0.2, 0.25) is 0 Å². The van der Waals surface area contributed by atoms with E-state index in [9.17, 15) is 9.59 Å². The summed E-state index contributed by atoms with van der Waals surface area (Å²) in [6.45, 7) is 10.5. The first-order valence-corrected chi connectivity index (χ1v) is 6.28. The maximum absolute atomic E-state index is 11.2. The molecule has 0 rings (SSSR count). The molecule has 3 heteroatoms. The number of unbranched alkanes of at least 4 members (excludes halogenated alkanes) is 1. The predicted molar refractivity (Wildman–Crippen MR) is 70.5 cm³/mol. The molecule has 0 aromatic rings. The third-order valence-electron chi connectivity index (χ3n) is 1.89. The standard InChI is InChI=1S/C11H21NO2.C2H6.H2/c1-9(2)8-12-11(14)7-5-4-6-10(3)13;1-2;/h9H,4-8H2,1-3H3,(H,12,14);1-2H3;1H. The Morgan fingerprint density at radius 3 is 2.06 bits per heavy atom. The van der Waals surface area contributed by atoms with Crippen LogP contribution < -0.4 is 5.32 Å². The highest BCUT2D eigenvalue weighted by Gasteiger charge is 2.02. The molecule has 0 bridgehead atoms. The molecule has 0 heterocycles. The number of hydrogen-bond donors (Lipinski definition) is 1. The summed E-state index contributed by atoms with van der Waals surface area (Å²) in [5.74, 6) is 0.797. The van der Waals surface area contributed by atoms with Crippen molar-refractivity contribution in [2.45, 2.75) is 60.3 Å². The number of carbonyl (C=O) groups is 2. The van der Waals surface area contributed by atoms with Gasteiger partial charge >= 0.3 is 0 Å². The molecule has 0 aliphatic rings. The first-order valence-electron chi connectivity index (χ1n) is 6.28. The van der Waals surface area contributed by atoms with E-state index < -0.39 is 0 Å². The van der Waals surface area contributed by atoms with Gasteiger partial charge in [0, 0.05) is 20.8 Å². The highest BCUT2D eigenvalue weighted by molar-refractivity contribution is 5.76. The largest absolute Gasteiger partial charge is 0.356 e. The zero-order chi connectivity index (χ0) is 13.0. The Hall–Kier alpha value is -0.860. The average Bonchev–Trinajstić information content (AvgIpc) is 2.24. The highest BCUT2D eigenvalue weighted by Crippen LogP contribution is 2.00. The van der Waals surface area contributed by atoms with Gasteiger partial charge in [0.25, 0.3) is 0 Å². The number of ketones is 1. The molecule has 0 aromatic heterocycles. The number of amides is 1. The van der Waals surface area contributed by atoms with Gasteiger partial charge in [0.05, 0.1) is 0 Å². The Morgan fingerprint density at radius 2 is 1.62 bits per heavy atom. The Kier molecular flexibility index (Phi) is 13.4. The van der Waals surface area contributed by atoms with E-state index in [-0.39, 0.29) is 13.1 Å². The molecule has 0 saturated heterocycles. The third kappa shape index (κ3) is 15.6. The lowest BCUT2D eigenvalue weighted by atomic mass is 10.1. The summed E-state index contributed by atoms with van der Waals surface area (Å²) in [6.07, 6.45) is 2.77. The van der Waals surface area contributed by atoms with Gasteiger partial charge in [0.2, 0.25) is 5.91 Å². The van der Waals surface area contributed by atoms with Crippen molar-refractivity contribution in [3.63, 3.8) is 0 Å². The van der Waals surface area contributed by atoms with E-state index in [1.807, 2.05) is 13.8 Å². The van der Waals surface area contributed by atoms with Crippen molar-refractivity contribution in [2.75, 3.05) is 6.54 Å². The Balaban J connectivity index is -0.000000616. The van der Waals surface area contributed by atoms with Crippen LogP contribution in [0.25, 0.3) is 0 Å². The maximum atomic E-state index is 11.2. The minimum absolute atomic E-state index is 0. The van der Waals surface area contributed by atoms with Crippen molar-refractivity contribution < 1.29 is 11.0 Å². The van der Waals surface area contributed by atoms with Gasteiger partial charge in [-0.2, -0.15) is 0 Å². The van der Waals surface area contributed by atoms with Crippen LogP contribution in [-0.2, 0) is 9.59 Å². The Labute approximate surface area is 101 Å². The van der Waals surface area contributed by atoms with E-state index in [1.54, 1.807) is 6.92 Å². The molecule has 0 aliphatic carbocycles. The highest BCUT2D eigenvalue weighted by atomic mass is 16.1. The predicted octanol–water partition coefficient (Wildman–Crippen LogP) is 3.18. The second kappa shape index (κ2) is 12.2. The zero-order valence-electron chi connectivity index (χ0n) is 11.4. The minimum Gasteiger partial charge on any atom is -0.356 e. The van der Waals surface area contributed by atoms with Crippen molar-refractivity contribution in [2.24, 2.45) is 5.92 Å². The van der Waals surface area contributed by atoms with E-state index in [2.05, 4.69) is 19.2 Å². The Bertz CT molecular complexity index is 194. The van der Waals surface area contributed by atoms with Gasteiger partial charge in [-0.3, -0.25) is 4.79 Å². The molecule has 0 aliphatic heterocycles. The van der Waals surface area contributed by atoms with Crippen LogP contribution in [-0.4, -0.2) is 18.2 Å². The third-order valence-corrected chi connectivity index (χ3v) is 1.89. The molecule has 0 unspecified atom stereocenters. The van der Waals surface area contributed by atoms with Crippen LogP contribution in [0.4, 0.5) is 0 Å². The van der Waals surface area contributed by atoms with E-state index in [0.29, 0.717) is 18.8 Å². The van der Waals surface area contributed by atoms with Crippen LogP contribution in [0.3, 0.4) is 0 Å². The van der Waals surface area contributed by atoms with Gasteiger partial charge in [0.1, 0.15) is 5.78 Å². The van der Waals surface area contributed by atoms with Crippen molar-refractivity contribution in [3.05, 3.63) is 0 Å². The topological polar surface area (TPSA) is 46.2 Å². The molecule has 0 radical (unpaired) electrons. The normalized spacial score (nSPS) is 9.38. The van der Waals surface area contributed by atoms with Crippen LogP contribution in [0.5, 0.6) is 0 Å². The zero-order valence-corrected chi connectivity index (χ0v) is 11.4. The molecule has 98 valence electrons. The molecular weight excluding hydrogens is 202 g/mol. The van der Waals surface area contributed by atoms with Gasteiger partial charge in [0.15, 0.2) is 0 Å². The first-order chi connectivity index (χ1) is 7.52. The summed E-state index contributed by atoms with van der Waals surface area (Å²) in [5, 5.41) is 2.85. The van der Waals surface area contributed by atoms with Crippen molar-refractivity contribution in [1.82, 2.24) is 5.32 Å². The molecule has 16 heavy (non-hydrogen) atoms. The van der Waals surface area contributed by atoms with Gasteiger partial charge < -0.3 is 10.1 Å². The van der Waals surface area contributed by atoms with Crippen molar-refractivity contribution >= 4 is 11.7 Å². The minimum atomic E-state index is 0. The lowest BCUT2D eigenvalue weighted by Gasteiger charge is -2.06. The second-order valence-corrected chi connectivity index (χ2v) is 4.11. The van der Waals surface area contributed by atoms with Gasteiger partial charge in [-0.05, 0) is 25.7 Å². The number of nitrogens with one attached hydrogen (secondary N) is 1. The fraction of sp³-hybridized carbons (Fsp3) is 0.846. The maximum Gasteiger partial charge on any atom is 0.220 e. The lowest BCUT2D eigenvalue weighted by molar-refractivity contribution is -0.122. The molecule has 0 spiro atoms. The summed E-state index contributed by atoms with van der Waals surface area (Å²) in [5.41, 5.74) is 0. The smallest absolute Gasteiger partial charge is 0.220 e. The van der Waals surface area contributed by atoms with Gasteiger partial charge in [-0.25, -0.2) is 0 Å². The summed E-state index contributed by atoms with van der Waals surface area (Å²) >= 11 is 0. The van der Waals surface area contributed by atoms with Crippen LogP contribution >= 0.6 is 0 Å². The summed E-state index contributed by atoms with van der Waals surface area (Å²) < 4.78 is 0.